The zero-order valence-corrected chi connectivity index (χ0v) is 25.6. The van der Waals surface area contributed by atoms with Crippen molar-refractivity contribution < 1.29 is 36.7 Å². The van der Waals surface area contributed by atoms with Crippen LogP contribution in [0.4, 0.5) is 15.8 Å². The Balaban J connectivity index is 1.25. The molecule has 0 radical (unpaired) electrons. The molecule has 16 heteroatoms. The van der Waals surface area contributed by atoms with Gasteiger partial charge in [0.05, 0.1) is 28.6 Å². The van der Waals surface area contributed by atoms with Crippen molar-refractivity contribution in [1.29, 1.82) is 0 Å². The lowest BCUT2D eigenvalue weighted by atomic mass is 9.83. The summed E-state index contributed by atoms with van der Waals surface area (Å²) in [6.45, 7) is -0.416. The second-order valence-corrected chi connectivity index (χ2v) is 13.8. The van der Waals surface area contributed by atoms with Crippen LogP contribution < -0.4 is 29.7 Å². The van der Waals surface area contributed by atoms with E-state index in [1.807, 2.05) is 0 Å². The second kappa shape index (κ2) is 11.8. The number of H-pyrrole nitrogens is 1. The fourth-order valence-corrected chi connectivity index (χ4v) is 8.32. The van der Waals surface area contributed by atoms with Crippen molar-refractivity contribution in [2.24, 2.45) is 11.1 Å². The monoisotopic (exact) mass is 670 g/mol. The summed E-state index contributed by atoms with van der Waals surface area (Å²) in [7, 11) is -2.47. The Morgan fingerprint density at radius 1 is 1.02 bits per heavy atom. The van der Waals surface area contributed by atoms with Gasteiger partial charge in [0.1, 0.15) is 11.1 Å². The van der Waals surface area contributed by atoms with Crippen LogP contribution in [0.1, 0.15) is 16.4 Å². The molecule has 4 aromatic rings. The van der Waals surface area contributed by atoms with Gasteiger partial charge in [0.15, 0.2) is 18.1 Å². The van der Waals surface area contributed by atoms with E-state index in [0.29, 0.717) is 21.2 Å². The number of nitrogens with zero attached hydrogens (tertiary/aromatic N) is 1. The first-order valence-electron chi connectivity index (χ1n) is 13.2. The number of amides is 3. The summed E-state index contributed by atoms with van der Waals surface area (Å²) in [5.74, 6) is -3.09. The first-order valence-corrected chi connectivity index (χ1v) is 16.5. The Kier molecular flexibility index (Phi) is 7.98. The van der Waals surface area contributed by atoms with Gasteiger partial charge in [0, 0.05) is 16.5 Å². The number of imide groups is 1. The number of carbonyl (C=O) groups is 3. The molecule has 1 fully saturated rings. The number of benzene rings is 3. The highest BCUT2D eigenvalue weighted by molar-refractivity contribution is 8.00. The van der Waals surface area contributed by atoms with Gasteiger partial charge in [-0.3, -0.25) is 19.2 Å². The number of ether oxygens (including phenoxy) is 2. The standard InChI is InChI=1S/C29H23FN4O8S3/c1-41-20-12-14(2-11-19(20)42-13-21(35)32-16-5-9-18(10-6-16)45(31,39)40)22-23-25(43-26-24(22)44-29(38)33-26)28(37)34(27(23)36)17-7-3-15(30)4-8-17/h2-12,22-23,25H,13H2,1H3,(H,32,35)(H,33,38)(H2,31,39,40)/t22-,23?,25?/m1/s1. The highest BCUT2D eigenvalue weighted by atomic mass is 32.2. The molecule has 3 heterocycles. The lowest BCUT2D eigenvalue weighted by molar-refractivity contribution is -0.122. The van der Waals surface area contributed by atoms with Crippen LogP contribution in [0.25, 0.3) is 0 Å². The number of sulfonamides is 1. The predicted octanol–water partition coefficient (Wildman–Crippen LogP) is 3.04. The number of thiazole rings is 1. The van der Waals surface area contributed by atoms with E-state index < -0.39 is 57.3 Å². The van der Waals surface area contributed by atoms with Gasteiger partial charge in [-0.2, -0.15) is 0 Å². The van der Waals surface area contributed by atoms with E-state index in [-0.39, 0.29) is 27.0 Å². The largest absolute Gasteiger partial charge is 0.493 e. The number of carbonyl (C=O) groups excluding carboxylic acids is 3. The summed E-state index contributed by atoms with van der Waals surface area (Å²) < 4.78 is 47.7. The SMILES string of the molecule is COc1cc([C@H]2c3sc(=O)[nH]c3SC3C(=O)N(c4ccc(F)cc4)C(=O)C32)ccc1OCC(=O)Nc1ccc(S(N)(=O)=O)cc1. The van der Waals surface area contributed by atoms with Crippen molar-refractivity contribution in [2.45, 2.75) is 21.1 Å². The summed E-state index contributed by atoms with van der Waals surface area (Å²) in [4.78, 5) is 56.3. The molecule has 3 aromatic carbocycles. The van der Waals surface area contributed by atoms with Crippen molar-refractivity contribution in [3.63, 3.8) is 0 Å². The average Bonchev–Trinajstić information content (AvgIpc) is 3.50. The molecule has 1 aromatic heterocycles. The number of methoxy groups -OCH3 is 1. The summed E-state index contributed by atoms with van der Waals surface area (Å²) in [6.07, 6.45) is 0. The Morgan fingerprint density at radius 3 is 2.40 bits per heavy atom. The maximum atomic E-state index is 13.8. The van der Waals surface area contributed by atoms with Crippen LogP contribution in [0.2, 0.25) is 0 Å². The summed E-state index contributed by atoms with van der Waals surface area (Å²) in [5.41, 5.74) is 1.15. The minimum Gasteiger partial charge on any atom is -0.493 e. The molecule has 0 saturated carbocycles. The Hall–Kier alpha value is -4.51. The number of primary sulfonamides is 1. The molecule has 12 nitrogen and oxygen atoms in total. The van der Waals surface area contributed by atoms with Gasteiger partial charge in [0.2, 0.25) is 21.8 Å². The van der Waals surface area contributed by atoms with Gasteiger partial charge in [-0.15, -0.1) is 0 Å². The first-order chi connectivity index (χ1) is 21.4. The third-order valence-electron chi connectivity index (χ3n) is 7.28. The van der Waals surface area contributed by atoms with Crippen LogP contribution >= 0.6 is 23.1 Å². The number of nitrogens with two attached hydrogens (primary N) is 1. The minimum absolute atomic E-state index is 0.102. The number of nitrogens with one attached hydrogen (secondary N) is 2. The molecule has 0 aliphatic carbocycles. The number of thioether (sulfide) groups is 1. The molecule has 45 heavy (non-hydrogen) atoms. The smallest absolute Gasteiger partial charge is 0.305 e. The topological polar surface area (TPSA) is 178 Å². The van der Waals surface area contributed by atoms with E-state index in [1.165, 1.54) is 55.6 Å². The van der Waals surface area contributed by atoms with Crippen molar-refractivity contribution in [3.05, 3.63) is 92.7 Å². The number of fused-ring (bicyclic) bond motifs is 2. The van der Waals surface area contributed by atoms with Crippen LogP contribution in [-0.4, -0.2) is 50.1 Å². The van der Waals surface area contributed by atoms with Crippen LogP contribution in [0.15, 0.2) is 81.4 Å². The van der Waals surface area contributed by atoms with Crippen molar-refractivity contribution in [1.82, 2.24) is 4.98 Å². The molecule has 6 rings (SSSR count). The molecule has 2 aliphatic heterocycles. The van der Waals surface area contributed by atoms with Crippen molar-refractivity contribution in [3.8, 4) is 11.5 Å². The Morgan fingerprint density at radius 2 is 1.73 bits per heavy atom. The molecule has 1 saturated heterocycles. The lowest BCUT2D eigenvalue weighted by Gasteiger charge is -2.30. The normalized spacial score (nSPS) is 19.2. The summed E-state index contributed by atoms with van der Waals surface area (Å²) in [6, 6.07) is 15.2. The van der Waals surface area contributed by atoms with Gasteiger partial charge in [-0.05, 0) is 66.2 Å². The number of aromatic nitrogens is 1. The maximum absolute atomic E-state index is 13.8. The van der Waals surface area contributed by atoms with Gasteiger partial charge >= 0.3 is 4.87 Å². The highest BCUT2D eigenvalue weighted by Gasteiger charge is 2.56. The van der Waals surface area contributed by atoms with Crippen LogP contribution in [0.5, 0.6) is 11.5 Å². The molecule has 0 spiro atoms. The second-order valence-electron chi connectivity index (χ2n) is 10.1. The maximum Gasteiger partial charge on any atom is 0.305 e. The molecular formula is C29H23FN4O8S3. The lowest BCUT2D eigenvalue weighted by Crippen LogP contribution is -2.32. The third-order valence-corrected chi connectivity index (χ3v) is 10.6. The van der Waals surface area contributed by atoms with Crippen LogP contribution in [0.3, 0.4) is 0 Å². The molecule has 3 amide bonds. The number of hydrogen-bond donors (Lipinski definition) is 3. The summed E-state index contributed by atoms with van der Waals surface area (Å²) in [5, 5.41) is 7.34. The van der Waals surface area contributed by atoms with E-state index in [1.54, 1.807) is 18.2 Å². The quantitative estimate of drug-likeness (QED) is 0.238. The van der Waals surface area contributed by atoms with Crippen molar-refractivity contribution >= 4 is 62.2 Å². The average molecular weight is 671 g/mol. The van der Waals surface area contributed by atoms with E-state index in [4.69, 9.17) is 14.6 Å². The number of hydrogen-bond acceptors (Lipinski definition) is 10. The van der Waals surface area contributed by atoms with Crippen LogP contribution in [0, 0.1) is 11.7 Å². The molecule has 0 bridgehead atoms. The van der Waals surface area contributed by atoms with Gasteiger partial charge in [0.25, 0.3) is 5.91 Å². The summed E-state index contributed by atoms with van der Waals surface area (Å²) >= 11 is 2.07. The van der Waals surface area contributed by atoms with E-state index in [9.17, 15) is 32.0 Å². The minimum atomic E-state index is -3.88. The molecule has 2 aliphatic rings. The Bertz CT molecular complexity index is 1990. The molecule has 4 N–H and O–H groups in total. The van der Waals surface area contributed by atoms with Crippen LogP contribution in [-0.2, 0) is 24.4 Å². The highest BCUT2D eigenvalue weighted by Crippen LogP contribution is 2.53. The fraction of sp³-hybridized carbons (Fsp3) is 0.172. The third kappa shape index (κ3) is 5.84. The van der Waals surface area contributed by atoms with Gasteiger partial charge in [-0.1, -0.05) is 29.2 Å². The fourth-order valence-electron chi connectivity index (χ4n) is 5.29. The van der Waals surface area contributed by atoms with Gasteiger partial charge in [-0.25, -0.2) is 22.8 Å². The zero-order chi connectivity index (χ0) is 32.0. The number of rotatable bonds is 8. The van der Waals surface area contributed by atoms with E-state index >= 15 is 0 Å². The number of halogens is 1. The molecule has 2 unspecified atom stereocenters. The Labute approximate surface area is 263 Å². The van der Waals surface area contributed by atoms with Crippen molar-refractivity contribution in [2.75, 3.05) is 23.9 Å². The molecular weight excluding hydrogens is 648 g/mol. The number of aromatic amines is 1. The van der Waals surface area contributed by atoms with E-state index in [2.05, 4.69) is 10.3 Å². The zero-order valence-electron chi connectivity index (χ0n) is 23.2. The van der Waals surface area contributed by atoms with E-state index in [0.717, 1.165) is 28.0 Å². The van der Waals surface area contributed by atoms with Gasteiger partial charge < -0.3 is 19.8 Å². The molecule has 3 atom stereocenters. The molecule has 232 valence electrons. The first kappa shape index (κ1) is 30.5. The predicted molar refractivity (Wildman–Crippen MR) is 164 cm³/mol. The number of anilines is 2.